The molecule has 1 aliphatic rings. The van der Waals surface area contributed by atoms with Gasteiger partial charge in [0, 0.05) is 37.1 Å². The van der Waals surface area contributed by atoms with E-state index in [9.17, 15) is 9.59 Å². The molecule has 3 rings (SSSR count). The molecule has 3 N–H and O–H groups in total. The van der Waals surface area contributed by atoms with E-state index in [2.05, 4.69) is 26.9 Å². The molecule has 166 valence electrons. The van der Waals surface area contributed by atoms with Crippen LogP contribution < -0.4 is 25.6 Å². The van der Waals surface area contributed by atoms with Crippen LogP contribution in [0.2, 0.25) is 0 Å². The monoisotopic (exact) mass is 424 g/mol. The second-order valence-corrected chi connectivity index (χ2v) is 8.19. The van der Waals surface area contributed by atoms with Crippen LogP contribution in [0.1, 0.15) is 23.1 Å². The van der Waals surface area contributed by atoms with Gasteiger partial charge in [-0.05, 0) is 56.4 Å². The average Bonchev–Trinajstić information content (AvgIpc) is 3.22. The molecule has 0 radical (unpaired) electrons. The summed E-state index contributed by atoms with van der Waals surface area (Å²) in [7, 11) is 1.66. The van der Waals surface area contributed by atoms with Gasteiger partial charge in [-0.25, -0.2) is 4.79 Å². The highest BCUT2D eigenvalue weighted by atomic mass is 16.5. The number of nitrogens with one attached hydrogen (secondary N) is 3. The van der Waals surface area contributed by atoms with Crippen molar-refractivity contribution in [1.29, 1.82) is 0 Å². The first-order chi connectivity index (χ1) is 14.9. The van der Waals surface area contributed by atoms with Crippen molar-refractivity contribution in [2.45, 2.75) is 27.2 Å². The van der Waals surface area contributed by atoms with Crippen LogP contribution in [0.3, 0.4) is 0 Å². The molecule has 0 saturated carbocycles. The molecule has 0 aromatic heterocycles. The van der Waals surface area contributed by atoms with Crippen LogP contribution in [0.15, 0.2) is 36.4 Å². The third-order valence-electron chi connectivity index (χ3n) is 5.61. The number of aryl methyl sites for hydroxylation is 3. The number of benzene rings is 2. The summed E-state index contributed by atoms with van der Waals surface area (Å²) in [6.45, 7) is 8.28. The van der Waals surface area contributed by atoms with E-state index in [-0.39, 0.29) is 18.5 Å². The number of rotatable bonds is 7. The number of carbonyl (C=O) groups is 2. The fourth-order valence-corrected chi connectivity index (χ4v) is 4.06. The fraction of sp³-hybridized carbons (Fsp3) is 0.417. The van der Waals surface area contributed by atoms with Crippen molar-refractivity contribution in [1.82, 2.24) is 10.6 Å². The normalized spacial score (nSPS) is 15.5. The molecule has 1 atom stereocenters. The zero-order valence-corrected chi connectivity index (χ0v) is 18.7. The first-order valence-corrected chi connectivity index (χ1v) is 10.6. The van der Waals surface area contributed by atoms with Gasteiger partial charge in [0.1, 0.15) is 5.75 Å². The van der Waals surface area contributed by atoms with Crippen LogP contribution in [-0.4, -0.2) is 45.2 Å². The smallest absolute Gasteiger partial charge is 0.315 e. The minimum atomic E-state index is -0.327. The van der Waals surface area contributed by atoms with Crippen LogP contribution >= 0.6 is 0 Å². The zero-order chi connectivity index (χ0) is 22.4. The topological polar surface area (TPSA) is 82.7 Å². The molecule has 31 heavy (non-hydrogen) atoms. The number of urea groups is 1. The summed E-state index contributed by atoms with van der Waals surface area (Å²) in [5, 5.41) is 8.42. The zero-order valence-electron chi connectivity index (χ0n) is 18.7. The number of amides is 3. The van der Waals surface area contributed by atoms with Gasteiger partial charge in [-0.2, -0.15) is 0 Å². The van der Waals surface area contributed by atoms with E-state index in [4.69, 9.17) is 4.74 Å². The Morgan fingerprint density at radius 3 is 2.55 bits per heavy atom. The summed E-state index contributed by atoms with van der Waals surface area (Å²) in [5.41, 5.74) is 5.11. The van der Waals surface area contributed by atoms with Gasteiger partial charge in [-0.3, -0.25) is 4.79 Å². The number of carbonyl (C=O) groups excluding carboxylic acids is 2. The second kappa shape index (κ2) is 10.2. The SMILES string of the molecule is COc1cccc(N2CCC(CNC(=O)NCC(=O)Nc3c(C)cc(C)cc3C)C2)c1. The van der Waals surface area contributed by atoms with Gasteiger partial charge in [-0.1, -0.05) is 23.8 Å². The molecular formula is C24H32N4O3. The van der Waals surface area contributed by atoms with E-state index in [0.717, 1.165) is 53.3 Å². The molecule has 1 unspecified atom stereocenters. The highest BCUT2D eigenvalue weighted by Gasteiger charge is 2.23. The Morgan fingerprint density at radius 1 is 1.10 bits per heavy atom. The summed E-state index contributed by atoms with van der Waals surface area (Å²) >= 11 is 0. The predicted molar refractivity (Wildman–Crippen MR) is 124 cm³/mol. The van der Waals surface area contributed by atoms with Gasteiger partial charge >= 0.3 is 6.03 Å². The number of hydrogen-bond acceptors (Lipinski definition) is 4. The Labute approximate surface area is 184 Å². The van der Waals surface area contributed by atoms with Crippen LogP contribution in [-0.2, 0) is 4.79 Å². The van der Waals surface area contributed by atoms with E-state index < -0.39 is 0 Å². The summed E-state index contributed by atoms with van der Waals surface area (Å²) in [6, 6.07) is 11.7. The van der Waals surface area contributed by atoms with Gasteiger partial charge in [0.25, 0.3) is 0 Å². The molecule has 0 aliphatic carbocycles. The molecule has 1 saturated heterocycles. The minimum Gasteiger partial charge on any atom is -0.497 e. The number of nitrogens with zero attached hydrogens (tertiary/aromatic N) is 1. The number of hydrogen-bond donors (Lipinski definition) is 3. The lowest BCUT2D eigenvalue weighted by Crippen LogP contribution is -2.42. The van der Waals surface area contributed by atoms with E-state index in [0.29, 0.717) is 12.5 Å². The van der Waals surface area contributed by atoms with Gasteiger partial charge in [0.2, 0.25) is 5.91 Å². The van der Waals surface area contributed by atoms with Crippen LogP contribution in [0.25, 0.3) is 0 Å². The number of ether oxygens (including phenoxy) is 1. The standard InChI is InChI=1S/C24H32N4O3/c1-16-10-17(2)23(18(3)11-16)27-22(29)14-26-24(30)25-13-19-8-9-28(15-19)20-6-5-7-21(12-20)31-4/h5-7,10-12,19H,8-9,13-15H2,1-4H3,(H,27,29)(H2,25,26,30). The van der Waals surface area contributed by atoms with Crippen molar-refractivity contribution < 1.29 is 14.3 Å². The average molecular weight is 425 g/mol. The van der Waals surface area contributed by atoms with Crippen molar-refractivity contribution in [3.63, 3.8) is 0 Å². The van der Waals surface area contributed by atoms with E-state index in [1.807, 2.05) is 51.1 Å². The lowest BCUT2D eigenvalue weighted by atomic mass is 10.1. The molecule has 7 heteroatoms. The maximum absolute atomic E-state index is 12.2. The molecule has 0 bridgehead atoms. The van der Waals surface area contributed by atoms with Crippen LogP contribution in [0.5, 0.6) is 5.75 Å². The molecule has 2 aromatic rings. The first-order valence-electron chi connectivity index (χ1n) is 10.6. The van der Waals surface area contributed by atoms with E-state index >= 15 is 0 Å². The first kappa shape index (κ1) is 22.5. The van der Waals surface area contributed by atoms with Gasteiger partial charge in [0.15, 0.2) is 0 Å². The number of anilines is 2. The van der Waals surface area contributed by atoms with Crippen molar-refractivity contribution in [2.75, 3.05) is 43.5 Å². The molecule has 1 fully saturated rings. The molecule has 3 amide bonds. The molecule has 1 heterocycles. The summed E-state index contributed by atoms with van der Waals surface area (Å²) in [5.74, 6) is 0.964. The van der Waals surface area contributed by atoms with E-state index in [1.165, 1.54) is 0 Å². The van der Waals surface area contributed by atoms with Crippen LogP contribution in [0, 0.1) is 26.7 Å². The lowest BCUT2D eigenvalue weighted by molar-refractivity contribution is -0.115. The maximum atomic E-state index is 12.2. The summed E-state index contributed by atoms with van der Waals surface area (Å²) in [6.07, 6.45) is 1.00. The molecule has 2 aromatic carbocycles. The third kappa shape index (κ3) is 6.13. The van der Waals surface area contributed by atoms with Gasteiger partial charge in [0.05, 0.1) is 13.7 Å². The Hall–Kier alpha value is -3.22. The summed E-state index contributed by atoms with van der Waals surface area (Å²) in [4.78, 5) is 26.7. The molecule has 1 aliphatic heterocycles. The highest BCUT2D eigenvalue weighted by molar-refractivity contribution is 5.95. The van der Waals surface area contributed by atoms with Crippen molar-refractivity contribution in [3.05, 3.63) is 53.1 Å². The van der Waals surface area contributed by atoms with Crippen molar-refractivity contribution in [3.8, 4) is 5.75 Å². The highest BCUT2D eigenvalue weighted by Crippen LogP contribution is 2.26. The Morgan fingerprint density at radius 2 is 1.84 bits per heavy atom. The van der Waals surface area contributed by atoms with Crippen molar-refractivity contribution >= 4 is 23.3 Å². The summed E-state index contributed by atoms with van der Waals surface area (Å²) < 4.78 is 5.30. The third-order valence-corrected chi connectivity index (χ3v) is 5.61. The Bertz CT molecular complexity index is 921. The Kier molecular flexibility index (Phi) is 7.39. The predicted octanol–water partition coefficient (Wildman–Crippen LogP) is 3.38. The molecular weight excluding hydrogens is 392 g/mol. The van der Waals surface area contributed by atoms with Gasteiger partial charge < -0.3 is 25.6 Å². The second-order valence-electron chi connectivity index (χ2n) is 8.19. The van der Waals surface area contributed by atoms with E-state index in [1.54, 1.807) is 7.11 Å². The molecule has 7 nitrogen and oxygen atoms in total. The largest absolute Gasteiger partial charge is 0.497 e. The quantitative estimate of drug-likeness (QED) is 0.636. The number of methoxy groups -OCH3 is 1. The Balaban J connectivity index is 1.40. The molecule has 0 spiro atoms. The fourth-order valence-electron chi connectivity index (χ4n) is 4.06. The van der Waals surface area contributed by atoms with Gasteiger partial charge in [-0.15, -0.1) is 0 Å². The van der Waals surface area contributed by atoms with Crippen LogP contribution in [0.4, 0.5) is 16.2 Å². The maximum Gasteiger partial charge on any atom is 0.315 e. The minimum absolute atomic E-state index is 0.0702. The lowest BCUT2D eigenvalue weighted by Gasteiger charge is -2.19. The van der Waals surface area contributed by atoms with Crippen molar-refractivity contribution in [2.24, 2.45) is 5.92 Å².